The van der Waals surface area contributed by atoms with Crippen LogP contribution in [0.15, 0.2) is 10.9 Å². The van der Waals surface area contributed by atoms with Gasteiger partial charge in [-0.25, -0.2) is 0 Å². The minimum absolute atomic E-state index is 0.0801. The van der Waals surface area contributed by atoms with E-state index in [1.165, 1.54) is 0 Å². The molecule has 1 saturated heterocycles. The van der Waals surface area contributed by atoms with Gasteiger partial charge in [-0.2, -0.15) is 4.98 Å². The second kappa shape index (κ2) is 5.46. The molecule has 8 heteroatoms. The summed E-state index contributed by atoms with van der Waals surface area (Å²) in [7, 11) is 0. The molecule has 17 heavy (non-hydrogen) atoms. The first-order valence-electron chi connectivity index (χ1n) is 4.95. The molecule has 1 aliphatic rings. The molecular weight excluding hydrogens is 262 g/mol. The third-order valence-corrected chi connectivity index (χ3v) is 5.03. The molecule has 0 bridgehead atoms. The van der Waals surface area contributed by atoms with Crippen LogP contribution in [-0.2, 0) is 11.3 Å². The van der Waals surface area contributed by atoms with E-state index in [1.807, 2.05) is 0 Å². The van der Waals surface area contributed by atoms with Crippen molar-refractivity contribution in [2.45, 2.75) is 11.1 Å². The molecule has 1 fully saturated rings. The Hall–Kier alpha value is -1.15. The third-order valence-electron chi connectivity index (χ3n) is 2.04. The van der Waals surface area contributed by atoms with Crippen molar-refractivity contribution in [3.05, 3.63) is 22.2 Å². The highest BCUT2D eigenvalue weighted by Crippen LogP contribution is 2.31. The summed E-state index contributed by atoms with van der Waals surface area (Å²) >= 11 is 3.20. The van der Waals surface area contributed by atoms with Crippen molar-refractivity contribution in [3.63, 3.8) is 0 Å². The van der Waals surface area contributed by atoms with Crippen LogP contribution in [0.3, 0.4) is 0 Å². The van der Waals surface area contributed by atoms with Crippen LogP contribution in [0.5, 0.6) is 5.88 Å². The molecule has 3 N–H and O–H groups in total. The molecule has 1 aliphatic heterocycles. The van der Waals surface area contributed by atoms with Crippen molar-refractivity contribution >= 4 is 29.4 Å². The fraction of sp³-hybridized carbons (Fsp3) is 0.444. The van der Waals surface area contributed by atoms with Gasteiger partial charge in [-0.1, -0.05) is 0 Å². The van der Waals surface area contributed by atoms with Gasteiger partial charge in [0.25, 0.3) is 5.56 Å². The molecule has 0 saturated carbocycles. The Bertz CT molecular complexity index is 471. The van der Waals surface area contributed by atoms with E-state index >= 15 is 0 Å². The first-order chi connectivity index (χ1) is 8.15. The van der Waals surface area contributed by atoms with Crippen LogP contribution < -0.4 is 10.9 Å². The van der Waals surface area contributed by atoms with Gasteiger partial charge in [0.05, 0.1) is 12.6 Å². The van der Waals surface area contributed by atoms with Gasteiger partial charge in [-0.05, 0) is 0 Å². The number of H-pyrrole nitrogens is 1. The molecule has 0 unspecified atom stereocenters. The van der Waals surface area contributed by atoms with Crippen molar-refractivity contribution in [2.24, 2.45) is 0 Å². The van der Waals surface area contributed by atoms with Crippen LogP contribution in [0.25, 0.3) is 0 Å². The Morgan fingerprint density at radius 1 is 1.59 bits per heavy atom. The fourth-order valence-corrected chi connectivity index (χ4v) is 3.97. The van der Waals surface area contributed by atoms with Gasteiger partial charge in [0.1, 0.15) is 10.4 Å². The quantitative estimate of drug-likeness (QED) is 0.712. The molecule has 1 aromatic rings. The maximum atomic E-state index is 11.7. The van der Waals surface area contributed by atoms with E-state index < -0.39 is 5.56 Å². The number of carbonyl (C=O) groups is 1. The monoisotopic (exact) mass is 273 g/mol. The molecule has 0 aliphatic carbocycles. The van der Waals surface area contributed by atoms with Gasteiger partial charge in [0.15, 0.2) is 0 Å². The zero-order valence-corrected chi connectivity index (χ0v) is 10.4. The lowest BCUT2D eigenvalue weighted by molar-refractivity contribution is -0.119. The lowest BCUT2D eigenvalue weighted by atomic mass is 10.5. The number of nitrogens with one attached hydrogen (secondary N) is 2. The number of hydrogen-bond acceptors (Lipinski definition) is 6. The largest absolute Gasteiger partial charge is 0.493 e. The van der Waals surface area contributed by atoms with E-state index in [2.05, 4.69) is 15.3 Å². The first kappa shape index (κ1) is 12.3. The number of aromatic nitrogens is 2. The summed E-state index contributed by atoms with van der Waals surface area (Å²) in [6, 6.07) is 0.980. The smallest absolute Gasteiger partial charge is 0.254 e. The van der Waals surface area contributed by atoms with E-state index in [0.29, 0.717) is 0 Å². The highest BCUT2D eigenvalue weighted by atomic mass is 32.2. The number of nitrogens with zero attached hydrogens (tertiary/aromatic N) is 1. The Kier molecular flexibility index (Phi) is 3.95. The number of thioether (sulfide) groups is 2. The van der Waals surface area contributed by atoms with Crippen LogP contribution >= 0.6 is 23.5 Å². The van der Waals surface area contributed by atoms with Crippen molar-refractivity contribution in [1.82, 2.24) is 15.3 Å². The van der Waals surface area contributed by atoms with Crippen LogP contribution in [0, 0.1) is 0 Å². The third kappa shape index (κ3) is 3.40. The van der Waals surface area contributed by atoms with E-state index in [-0.39, 0.29) is 28.7 Å². The number of hydrogen-bond donors (Lipinski definition) is 3. The average Bonchev–Trinajstić information content (AvgIpc) is 2.78. The van der Waals surface area contributed by atoms with Gasteiger partial charge in [0.2, 0.25) is 11.8 Å². The lowest BCUT2D eigenvalue weighted by Crippen LogP contribution is -2.30. The Labute approximate surface area is 106 Å². The molecule has 1 amide bonds. The Morgan fingerprint density at radius 3 is 2.94 bits per heavy atom. The highest BCUT2D eigenvalue weighted by Gasteiger charge is 2.23. The van der Waals surface area contributed by atoms with E-state index in [1.54, 1.807) is 23.5 Å². The zero-order valence-electron chi connectivity index (χ0n) is 8.80. The summed E-state index contributed by atoms with van der Waals surface area (Å²) in [4.78, 5) is 28.8. The van der Waals surface area contributed by atoms with Crippen molar-refractivity contribution in [1.29, 1.82) is 0 Å². The predicted octanol–water partition coefficient (Wildman–Crippen LogP) is -0.102. The number of rotatable bonds is 3. The summed E-state index contributed by atoms with van der Waals surface area (Å²) in [5.41, 5.74) is -0.439. The minimum atomic E-state index is -0.439. The molecular formula is C9H11N3O3S2. The number of aromatic hydroxyl groups is 1. The molecule has 0 atom stereocenters. The Balaban J connectivity index is 1.92. The molecule has 6 nitrogen and oxygen atoms in total. The van der Waals surface area contributed by atoms with Crippen LogP contribution in [-0.4, -0.2) is 37.1 Å². The second-order valence-electron chi connectivity index (χ2n) is 3.34. The van der Waals surface area contributed by atoms with Gasteiger partial charge < -0.3 is 15.4 Å². The zero-order chi connectivity index (χ0) is 12.3. The molecule has 0 aromatic carbocycles. The topological polar surface area (TPSA) is 95.1 Å². The van der Waals surface area contributed by atoms with Crippen LogP contribution in [0.4, 0.5) is 0 Å². The van der Waals surface area contributed by atoms with E-state index in [0.717, 1.165) is 17.6 Å². The lowest BCUT2D eigenvalue weighted by Gasteiger charge is -2.08. The maximum Gasteiger partial charge on any atom is 0.254 e. The van der Waals surface area contributed by atoms with Gasteiger partial charge in [-0.3, -0.25) is 9.59 Å². The number of amides is 1. The summed E-state index contributed by atoms with van der Waals surface area (Å²) in [5.74, 6) is 1.77. The van der Waals surface area contributed by atoms with E-state index in [9.17, 15) is 9.59 Å². The SMILES string of the molecule is O=C(NCc1nc(O)cc(=O)[nH]1)C1SCCS1. The summed E-state index contributed by atoms with van der Waals surface area (Å²) in [5, 5.41) is 11.8. The van der Waals surface area contributed by atoms with Gasteiger partial charge in [-0.15, -0.1) is 23.5 Å². The van der Waals surface area contributed by atoms with Crippen LogP contribution in [0.2, 0.25) is 0 Å². The Morgan fingerprint density at radius 2 is 2.29 bits per heavy atom. The van der Waals surface area contributed by atoms with Gasteiger partial charge >= 0.3 is 0 Å². The highest BCUT2D eigenvalue weighted by molar-refractivity contribution is 8.21. The normalized spacial score (nSPS) is 16.0. The molecule has 2 rings (SSSR count). The van der Waals surface area contributed by atoms with Crippen molar-refractivity contribution in [3.8, 4) is 5.88 Å². The first-order valence-corrected chi connectivity index (χ1v) is 7.05. The minimum Gasteiger partial charge on any atom is -0.493 e. The molecule has 92 valence electrons. The average molecular weight is 273 g/mol. The van der Waals surface area contributed by atoms with Crippen molar-refractivity contribution < 1.29 is 9.90 Å². The molecule has 1 aromatic heterocycles. The van der Waals surface area contributed by atoms with E-state index in [4.69, 9.17) is 5.11 Å². The standard InChI is InChI=1S/C9H11N3O3S2/c13-6-3-7(14)12-5(11-6)4-10-8(15)9-16-1-2-17-9/h3,9H,1-2,4H2,(H,10,15)(H2,11,12,13,14). The van der Waals surface area contributed by atoms with Crippen molar-refractivity contribution in [2.75, 3.05) is 11.5 Å². The van der Waals surface area contributed by atoms with Crippen LogP contribution in [0.1, 0.15) is 5.82 Å². The number of carbonyl (C=O) groups excluding carboxylic acids is 1. The summed E-state index contributed by atoms with van der Waals surface area (Å²) in [6.07, 6.45) is 0. The molecule has 0 spiro atoms. The molecule has 0 radical (unpaired) electrons. The van der Waals surface area contributed by atoms with Gasteiger partial charge in [0, 0.05) is 11.5 Å². The predicted molar refractivity (Wildman–Crippen MR) is 67.1 cm³/mol. The molecule has 2 heterocycles. The summed E-state index contributed by atoms with van der Waals surface area (Å²) < 4.78 is -0.0842. The fourth-order valence-electron chi connectivity index (χ4n) is 1.34. The second-order valence-corrected chi connectivity index (χ2v) is 6.07. The maximum absolute atomic E-state index is 11.7. The summed E-state index contributed by atoms with van der Waals surface area (Å²) in [6.45, 7) is 0.111. The number of aromatic amines is 1.